The van der Waals surface area contributed by atoms with Crippen LogP contribution in [0.15, 0.2) is 59.5 Å². The molecule has 0 heterocycles. The molecular formula is C19H22N2O2S. The second kappa shape index (κ2) is 9.13. The Morgan fingerprint density at radius 1 is 1.04 bits per heavy atom. The smallest absolute Gasteiger partial charge is 0.251 e. The summed E-state index contributed by atoms with van der Waals surface area (Å²) in [6.07, 6.45) is 0. The van der Waals surface area contributed by atoms with Gasteiger partial charge in [0.2, 0.25) is 5.91 Å². The third-order valence-electron chi connectivity index (χ3n) is 3.47. The highest BCUT2D eigenvalue weighted by molar-refractivity contribution is 7.99. The molecule has 24 heavy (non-hydrogen) atoms. The van der Waals surface area contributed by atoms with Gasteiger partial charge in [0.25, 0.3) is 5.91 Å². The molecule has 0 unspecified atom stereocenters. The highest BCUT2D eigenvalue weighted by Gasteiger charge is 2.15. The van der Waals surface area contributed by atoms with Gasteiger partial charge in [0.1, 0.15) is 6.04 Å². The zero-order chi connectivity index (χ0) is 17.4. The van der Waals surface area contributed by atoms with Gasteiger partial charge in [-0.05, 0) is 38.1 Å². The average molecular weight is 342 g/mol. The Morgan fingerprint density at radius 3 is 2.38 bits per heavy atom. The maximum atomic E-state index is 12.0. The van der Waals surface area contributed by atoms with Gasteiger partial charge in [-0.1, -0.05) is 35.9 Å². The molecule has 2 amide bonds. The van der Waals surface area contributed by atoms with E-state index in [-0.39, 0.29) is 11.8 Å². The van der Waals surface area contributed by atoms with Gasteiger partial charge < -0.3 is 10.6 Å². The molecule has 126 valence electrons. The van der Waals surface area contributed by atoms with Crippen LogP contribution in [0.25, 0.3) is 0 Å². The van der Waals surface area contributed by atoms with E-state index in [0.29, 0.717) is 12.1 Å². The minimum Gasteiger partial charge on any atom is -0.353 e. The zero-order valence-corrected chi connectivity index (χ0v) is 14.7. The zero-order valence-electron chi connectivity index (χ0n) is 13.9. The second-order valence-electron chi connectivity index (χ2n) is 5.51. The fourth-order valence-electron chi connectivity index (χ4n) is 2.07. The van der Waals surface area contributed by atoms with Crippen LogP contribution in [-0.2, 0) is 4.79 Å². The highest BCUT2D eigenvalue weighted by atomic mass is 32.2. The standard InChI is InChI=1S/C19H22N2O2S/c1-14-8-10-17(11-9-14)24-13-12-20-18(22)15(2)21-19(23)16-6-4-3-5-7-16/h3-11,15H,12-13H2,1-2H3,(H,20,22)(H,21,23)/t15-/m1/s1. The number of nitrogens with one attached hydrogen (secondary N) is 2. The molecule has 2 aromatic rings. The molecule has 0 saturated carbocycles. The molecule has 0 spiro atoms. The largest absolute Gasteiger partial charge is 0.353 e. The molecular weight excluding hydrogens is 320 g/mol. The molecule has 2 N–H and O–H groups in total. The van der Waals surface area contributed by atoms with Crippen molar-refractivity contribution in [1.82, 2.24) is 10.6 Å². The SMILES string of the molecule is Cc1ccc(SCCNC(=O)[C@@H](C)NC(=O)c2ccccc2)cc1. The number of amides is 2. The fourth-order valence-corrected chi connectivity index (χ4v) is 2.83. The van der Waals surface area contributed by atoms with Gasteiger partial charge in [-0.25, -0.2) is 0 Å². The van der Waals surface area contributed by atoms with Gasteiger partial charge in [-0.2, -0.15) is 0 Å². The topological polar surface area (TPSA) is 58.2 Å². The Hall–Kier alpha value is -2.27. The second-order valence-corrected chi connectivity index (χ2v) is 6.68. The van der Waals surface area contributed by atoms with E-state index in [9.17, 15) is 9.59 Å². The van der Waals surface area contributed by atoms with Gasteiger partial charge in [0.05, 0.1) is 0 Å². The molecule has 0 saturated heterocycles. The van der Waals surface area contributed by atoms with E-state index in [1.54, 1.807) is 43.0 Å². The third kappa shape index (κ3) is 5.74. The lowest BCUT2D eigenvalue weighted by atomic mass is 10.2. The van der Waals surface area contributed by atoms with Crippen molar-refractivity contribution in [1.29, 1.82) is 0 Å². The fraction of sp³-hybridized carbons (Fsp3) is 0.263. The Balaban J connectivity index is 1.70. The molecule has 0 aliphatic carbocycles. The van der Waals surface area contributed by atoms with Gasteiger partial charge in [0.15, 0.2) is 0 Å². The van der Waals surface area contributed by atoms with Crippen LogP contribution < -0.4 is 10.6 Å². The lowest BCUT2D eigenvalue weighted by Gasteiger charge is -2.14. The molecule has 0 aromatic heterocycles. The van der Waals surface area contributed by atoms with Crippen molar-refractivity contribution in [2.24, 2.45) is 0 Å². The molecule has 4 nitrogen and oxygen atoms in total. The first-order chi connectivity index (χ1) is 11.6. The monoisotopic (exact) mass is 342 g/mol. The predicted molar refractivity (Wildman–Crippen MR) is 98.3 cm³/mol. The number of benzene rings is 2. The number of aryl methyl sites for hydroxylation is 1. The molecule has 0 bridgehead atoms. The van der Waals surface area contributed by atoms with Crippen LogP contribution in [0.4, 0.5) is 0 Å². The summed E-state index contributed by atoms with van der Waals surface area (Å²) < 4.78 is 0. The first-order valence-corrected chi connectivity index (χ1v) is 8.88. The number of thioether (sulfide) groups is 1. The summed E-state index contributed by atoms with van der Waals surface area (Å²) in [6, 6.07) is 16.6. The normalized spacial score (nSPS) is 11.6. The number of carbonyl (C=O) groups is 2. The van der Waals surface area contributed by atoms with Crippen LogP contribution in [0.3, 0.4) is 0 Å². The first-order valence-electron chi connectivity index (χ1n) is 7.89. The summed E-state index contributed by atoms with van der Waals surface area (Å²) in [5.41, 5.74) is 1.78. The minimum absolute atomic E-state index is 0.177. The Morgan fingerprint density at radius 2 is 1.71 bits per heavy atom. The lowest BCUT2D eigenvalue weighted by Crippen LogP contribution is -2.45. The summed E-state index contributed by atoms with van der Waals surface area (Å²) in [5.74, 6) is 0.366. The highest BCUT2D eigenvalue weighted by Crippen LogP contribution is 2.17. The summed E-state index contributed by atoms with van der Waals surface area (Å²) in [7, 11) is 0. The van der Waals surface area contributed by atoms with Crippen LogP contribution in [-0.4, -0.2) is 30.2 Å². The van der Waals surface area contributed by atoms with Gasteiger partial charge in [0, 0.05) is 22.8 Å². The van der Waals surface area contributed by atoms with E-state index in [2.05, 4.69) is 41.8 Å². The van der Waals surface area contributed by atoms with Crippen LogP contribution in [0.1, 0.15) is 22.8 Å². The van der Waals surface area contributed by atoms with Crippen molar-refractivity contribution in [2.75, 3.05) is 12.3 Å². The Kier molecular flexibility index (Phi) is 6.88. The maximum absolute atomic E-state index is 12.0. The van der Waals surface area contributed by atoms with Crippen molar-refractivity contribution < 1.29 is 9.59 Å². The Labute approximate surface area is 147 Å². The summed E-state index contributed by atoms with van der Waals surface area (Å²) in [4.78, 5) is 25.2. The summed E-state index contributed by atoms with van der Waals surface area (Å²) >= 11 is 1.69. The number of rotatable bonds is 7. The summed E-state index contributed by atoms with van der Waals surface area (Å²) in [5, 5.41) is 5.55. The molecule has 0 fully saturated rings. The lowest BCUT2D eigenvalue weighted by molar-refractivity contribution is -0.122. The van der Waals surface area contributed by atoms with Gasteiger partial charge in [-0.3, -0.25) is 9.59 Å². The number of hydrogen-bond acceptors (Lipinski definition) is 3. The van der Waals surface area contributed by atoms with Crippen molar-refractivity contribution in [3.05, 3.63) is 65.7 Å². The molecule has 2 rings (SSSR count). The maximum Gasteiger partial charge on any atom is 0.251 e. The number of hydrogen-bond donors (Lipinski definition) is 2. The predicted octanol–water partition coefficient (Wildman–Crippen LogP) is 3.02. The molecule has 0 aliphatic rings. The van der Waals surface area contributed by atoms with Crippen molar-refractivity contribution >= 4 is 23.6 Å². The average Bonchev–Trinajstić information content (AvgIpc) is 2.60. The van der Waals surface area contributed by atoms with E-state index in [0.717, 1.165) is 5.75 Å². The molecule has 1 atom stereocenters. The van der Waals surface area contributed by atoms with Crippen LogP contribution >= 0.6 is 11.8 Å². The molecule has 0 aliphatic heterocycles. The first kappa shape index (κ1) is 18.1. The molecule has 5 heteroatoms. The van der Waals surface area contributed by atoms with E-state index < -0.39 is 6.04 Å². The van der Waals surface area contributed by atoms with E-state index in [4.69, 9.17) is 0 Å². The number of carbonyl (C=O) groups excluding carboxylic acids is 2. The molecule has 2 aromatic carbocycles. The van der Waals surface area contributed by atoms with Crippen LogP contribution in [0.2, 0.25) is 0 Å². The third-order valence-corrected chi connectivity index (χ3v) is 4.48. The van der Waals surface area contributed by atoms with E-state index in [1.807, 2.05) is 6.07 Å². The Bertz CT molecular complexity index is 672. The van der Waals surface area contributed by atoms with Gasteiger partial charge in [-0.15, -0.1) is 11.8 Å². The van der Waals surface area contributed by atoms with E-state index in [1.165, 1.54) is 10.5 Å². The minimum atomic E-state index is -0.568. The van der Waals surface area contributed by atoms with E-state index >= 15 is 0 Å². The molecule has 0 radical (unpaired) electrons. The quantitative estimate of drug-likeness (QED) is 0.601. The van der Waals surface area contributed by atoms with Gasteiger partial charge >= 0.3 is 0 Å². The summed E-state index contributed by atoms with van der Waals surface area (Å²) in [6.45, 7) is 4.30. The van der Waals surface area contributed by atoms with Crippen LogP contribution in [0.5, 0.6) is 0 Å². The van der Waals surface area contributed by atoms with Crippen LogP contribution in [0, 0.1) is 6.92 Å². The van der Waals surface area contributed by atoms with Crippen molar-refractivity contribution in [3.63, 3.8) is 0 Å². The van der Waals surface area contributed by atoms with Crippen molar-refractivity contribution in [2.45, 2.75) is 24.8 Å². The van der Waals surface area contributed by atoms with Crippen molar-refractivity contribution in [3.8, 4) is 0 Å².